The van der Waals surface area contributed by atoms with Gasteiger partial charge in [-0.25, -0.2) is 8.42 Å². The highest BCUT2D eigenvalue weighted by molar-refractivity contribution is 7.89. The molecule has 0 amide bonds. The second-order valence-electron chi connectivity index (χ2n) is 2.83. The van der Waals surface area contributed by atoms with Crippen molar-refractivity contribution < 1.29 is 13.2 Å². The lowest BCUT2D eigenvalue weighted by Gasteiger charge is -2.23. The molecule has 4 nitrogen and oxygen atoms in total. The number of sulfonamides is 1. The lowest BCUT2D eigenvalue weighted by atomic mass is 10.4. The Morgan fingerprint density at radius 2 is 2.08 bits per heavy atom. The summed E-state index contributed by atoms with van der Waals surface area (Å²) in [6.07, 6.45) is 0. The highest BCUT2D eigenvalue weighted by Gasteiger charge is 2.22. The van der Waals surface area contributed by atoms with Crippen molar-refractivity contribution in [2.45, 2.75) is 13.0 Å². The van der Waals surface area contributed by atoms with Gasteiger partial charge in [-0.15, -0.1) is 11.6 Å². The first-order valence-electron chi connectivity index (χ1n) is 3.96. The first-order valence-corrected chi connectivity index (χ1v) is 6.10. The molecule has 0 aromatic carbocycles. The molecule has 1 atom stereocenters. The number of alkyl halides is 1. The van der Waals surface area contributed by atoms with Gasteiger partial charge in [0.05, 0.1) is 12.4 Å². The second-order valence-corrected chi connectivity index (χ2v) is 5.35. The Balaban J connectivity index is 4.31. The van der Waals surface area contributed by atoms with Crippen molar-refractivity contribution in [3.63, 3.8) is 0 Å². The molecule has 0 radical (unpaired) electrons. The summed E-state index contributed by atoms with van der Waals surface area (Å²) < 4.78 is 29.0. The maximum atomic E-state index is 11.4. The number of methoxy groups -OCH3 is 1. The molecule has 0 aromatic rings. The van der Waals surface area contributed by atoms with Crippen molar-refractivity contribution in [2.24, 2.45) is 0 Å². The van der Waals surface area contributed by atoms with Crippen LogP contribution >= 0.6 is 11.6 Å². The van der Waals surface area contributed by atoms with Gasteiger partial charge >= 0.3 is 0 Å². The molecule has 0 aliphatic rings. The summed E-state index contributed by atoms with van der Waals surface area (Å²) in [5, 5.41) is 0. The van der Waals surface area contributed by atoms with Crippen LogP contribution in [0.1, 0.15) is 6.92 Å². The normalized spacial score (nSPS) is 14.8. The predicted molar refractivity (Wildman–Crippen MR) is 53.6 cm³/mol. The third-order valence-corrected chi connectivity index (χ3v) is 4.17. The lowest BCUT2D eigenvalue weighted by molar-refractivity contribution is 0.149. The van der Waals surface area contributed by atoms with Crippen LogP contribution in [0.15, 0.2) is 0 Å². The monoisotopic (exact) mass is 229 g/mol. The number of likely N-dealkylation sites (N-methyl/N-ethyl adjacent to an activating group) is 1. The first-order chi connectivity index (χ1) is 5.95. The van der Waals surface area contributed by atoms with Crippen LogP contribution < -0.4 is 0 Å². The van der Waals surface area contributed by atoms with E-state index in [9.17, 15) is 8.42 Å². The fraction of sp³-hybridized carbons (Fsp3) is 1.00. The standard InChI is InChI=1S/C7H16ClNO3S/c1-7(6-12-3)9(2)13(10,11)5-4-8/h7H,4-6H2,1-3H3. The average molecular weight is 230 g/mol. The number of halogens is 1. The van der Waals surface area contributed by atoms with Crippen LogP contribution in [-0.4, -0.2) is 51.2 Å². The topological polar surface area (TPSA) is 46.6 Å². The van der Waals surface area contributed by atoms with Crippen molar-refractivity contribution in [2.75, 3.05) is 32.4 Å². The molecule has 13 heavy (non-hydrogen) atoms. The number of nitrogens with zero attached hydrogens (tertiary/aromatic N) is 1. The van der Waals surface area contributed by atoms with Crippen molar-refractivity contribution in [3.8, 4) is 0 Å². The van der Waals surface area contributed by atoms with E-state index in [0.29, 0.717) is 6.61 Å². The van der Waals surface area contributed by atoms with E-state index in [1.807, 2.05) is 0 Å². The zero-order valence-electron chi connectivity index (χ0n) is 8.16. The van der Waals surface area contributed by atoms with Crippen LogP contribution in [0.25, 0.3) is 0 Å². The van der Waals surface area contributed by atoms with E-state index in [-0.39, 0.29) is 17.7 Å². The zero-order chi connectivity index (χ0) is 10.5. The summed E-state index contributed by atoms with van der Waals surface area (Å²) in [6, 6.07) is -0.154. The zero-order valence-corrected chi connectivity index (χ0v) is 9.73. The minimum absolute atomic E-state index is 0.0287. The number of rotatable bonds is 6. The Labute approximate surface area is 84.9 Å². The minimum Gasteiger partial charge on any atom is -0.383 e. The highest BCUT2D eigenvalue weighted by Crippen LogP contribution is 2.05. The smallest absolute Gasteiger partial charge is 0.215 e. The van der Waals surface area contributed by atoms with Gasteiger partial charge in [0, 0.05) is 26.1 Å². The van der Waals surface area contributed by atoms with Gasteiger partial charge in [-0.05, 0) is 6.92 Å². The van der Waals surface area contributed by atoms with Crippen LogP contribution in [0.2, 0.25) is 0 Å². The van der Waals surface area contributed by atoms with Crippen molar-refractivity contribution in [1.29, 1.82) is 0 Å². The molecule has 0 aliphatic heterocycles. The molecule has 0 rings (SSSR count). The van der Waals surface area contributed by atoms with E-state index >= 15 is 0 Å². The molecule has 0 heterocycles. The van der Waals surface area contributed by atoms with Gasteiger partial charge in [-0.3, -0.25) is 0 Å². The summed E-state index contributed by atoms with van der Waals surface area (Å²) in [5.74, 6) is 0.0888. The summed E-state index contributed by atoms with van der Waals surface area (Å²) >= 11 is 5.37. The van der Waals surface area contributed by atoms with Crippen LogP contribution in [-0.2, 0) is 14.8 Å². The van der Waals surface area contributed by atoms with Gasteiger partial charge in [-0.2, -0.15) is 4.31 Å². The summed E-state index contributed by atoms with van der Waals surface area (Å²) in [5.41, 5.74) is 0. The molecule has 0 saturated heterocycles. The Bertz CT molecular complexity index is 230. The van der Waals surface area contributed by atoms with Crippen LogP contribution in [0.3, 0.4) is 0 Å². The van der Waals surface area contributed by atoms with Crippen LogP contribution in [0.4, 0.5) is 0 Å². The summed E-state index contributed by atoms with van der Waals surface area (Å²) in [7, 11) is -0.137. The average Bonchev–Trinajstić information content (AvgIpc) is 2.03. The fourth-order valence-electron chi connectivity index (χ4n) is 0.862. The highest BCUT2D eigenvalue weighted by atomic mass is 35.5. The maximum absolute atomic E-state index is 11.4. The summed E-state index contributed by atoms with van der Waals surface area (Å²) in [4.78, 5) is 0. The number of hydrogen-bond donors (Lipinski definition) is 0. The van der Waals surface area contributed by atoms with Gasteiger partial charge in [0.25, 0.3) is 0 Å². The Morgan fingerprint density at radius 3 is 2.46 bits per heavy atom. The van der Waals surface area contributed by atoms with E-state index in [1.54, 1.807) is 14.0 Å². The van der Waals surface area contributed by atoms with Crippen LogP contribution in [0.5, 0.6) is 0 Å². The molecule has 80 valence electrons. The SMILES string of the molecule is COCC(C)N(C)S(=O)(=O)CCCl. The molecule has 0 fully saturated rings. The first kappa shape index (κ1) is 13.2. The second kappa shape index (κ2) is 5.80. The van der Waals surface area contributed by atoms with E-state index in [0.717, 1.165) is 0 Å². The number of hydrogen-bond acceptors (Lipinski definition) is 3. The Hall–Kier alpha value is 0.160. The lowest BCUT2D eigenvalue weighted by Crippen LogP contribution is -2.39. The molecular weight excluding hydrogens is 214 g/mol. The molecule has 6 heteroatoms. The van der Waals surface area contributed by atoms with E-state index in [4.69, 9.17) is 16.3 Å². The third kappa shape index (κ3) is 4.26. The molecule has 0 bridgehead atoms. The van der Waals surface area contributed by atoms with Crippen LogP contribution in [0, 0.1) is 0 Å². The molecule has 0 aromatic heterocycles. The van der Waals surface area contributed by atoms with Gasteiger partial charge < -0.3 is 4.74 Å². The molecule has 1 unspecified atom stereocenters. The Morgan fingerprint density at radius 1 is 1.54 bits per heavy atom. The van der Waals surface area contributed by atoms with Crippen molar-refractivity contribution >= 4 is 21.6 Å². The quantitative estimate of drug-likeness (QED) is 0.624. The molecule has 0 aliphatic carbocycles. The predicted octanol–water partition coefficient (Wildman–Crippen LogP) is 0.522. The molecular formula is C7H16ClNO3S. The summed E-state index contributed by atoms with van der Waals surface area (Å²) in [6.45, 7) is 2.17. The molecule has 0 N–H and O–H groups in total. The van der Waals surface area contributed by atoms with Gasteiger partial charge in [0.2, 0.25) is 10.0 Å². The van der Waals surface area contributed by atoms with Gasteiger partial charge in [0.15, 0.2) is 0 Å². The van der Waals surface area contributed by atoms with Crippen molar-refractivity contribution in [1.82, 2.24) is 4.31 Å². The van der Waals surface area contributed by atoms with E-state index < -0.39 is 10.0 Å². The molecule has 0 saturated carbocycles. The number of ether oxygens (including phenoxy) is 1. The maximum Gasteiger partial charge on any atom is 0.215 e. The minimum atomic E-state index is -3.21. The third-order valence-electron chi connectivity index (χ3n) is 1.80. The fourth-order valence-corrected chi connectivity index (χ4v) is 2.54. The largest absolute Gasteiger partial charge is 0.383 e. The van der Waals surface area contributed by atoms with E-state index in [2.05, 4.69) is 0 Å². The van der Waals surface area contributed by atoms with Gasteiger partial charge in [0.1, 0.15) is 0 Å². The molecule has 0 spiro atoms. The van der Waals surface area contributed by atoms with Gasteiger partial charge in [-0.1, -0.05) is 0 Å². The Kier molecular flexibility index (Phi) is 5.87. The van der Waals surface area contributed by atoms with Crippen molar-refractivity contribution in [3.05, 3.63) is 0 Å². The van der Waals surface area contributed by atoms with E-state index in [1.165, 1.54) is 11.4 Å².